The molecule has 108 valence electrons. The van der Waals surface area contributed by atoms with Crippen LogP contribution in [0.4, 0.5) is 14.9 Å². The van der Waals surface area contributed by atoms with Gasteiger partial charge >= 0.3 is 6.03 Å². The second kappa shape index (κ2) is 5.01. The van der Waals surface area contributed by atoms with Crippen molar-refractivity contribution in [3.8, 4) is 0 Å². The van der Waals surface area contributed by atoms with E-state index in [0.717, 1.165) is 10.5 Å². The van der Waals surface area contributed by atoms with E-state index in [4.69, 9.17) is 0 Å². The van der Waals surface area contributed by atoms with Gasteiger partial charge in [0.05, 0.1) is 11.9 Å². The summed E-state index contributed by atoms with van der Waals surface area (Å²) in [6.45, 7) is 0.271. The highest BCUT2D eigenvalue weighted by atomic mass is 19.1. The van der Waals surface area contributed by atoms with Crippen molar-refractivity contribution in [1.29, 1.82) is 0 Å². The van der Waals surface area contributed by atoms with Gasteiger partial charge in [0.2, 0.25) is 0 Å². The minimum atomic E-state index is -0.391. The van der Waals surface area contributed by atoms with Gasteiger partial charge in [0.25, 0.3) is 5.91 Å². The lowest BCUT2D eigenvalue weighted by atomic mass is 10.2. The molecule has 1 aromatic carbocycles. The number of aryl methyl sites for hydroxylation is 1. The lowest BCUT2D eigenvalue weighted by Crippen LogP contribution is -2.32. The van der Waals surface area contributed by atoms with E-state index in [-0.39, 0.29) is 24.8 Å². The molecule has 0 saturated carbocycles. The number of nitrogens with zero attached hydrogens (tertiary/aromatic N) is 4. The minimum Gasteiger partial charge on any atom is -0.310 e. The van der Waals surface area contributed by atoms with Crippen LogP contribution >= 0.6 is 0 Å². The Bertz CT molecular complexity index is 695. The summed E-state index contributed by atoms with van der Waals surface area (Å²) in [5.41, 5.74) is 1.22. The zero-order valence-electron chi connectivity index (χ0n) is 11.4. The van der Waals surface area contributed by atoms with Gasteiger partial charge in [0, 0.05) is 19.8 Å². The number of carbonyl (C=O) groups excluding carboxylic acids is 2. The molecule has 1 fully saturated rings. The fraction of sp³-hybridized carbons (Fsp3) is 0.214. The van der Waals surface area contributed by atoms with Crippen molar-refractivity contribution < 1.29 is 14.0 Å². The average Bonchev–Trinajstić information content (AvgIpc) is 2.97. The van der Waals surface area contributed by atoms with Gasteiger partial charge in [0.15, 0.2) is 0 Å². The lowest BCUT2D eigenvalue weighted by molar-refractivity contribution is -0.116. The normalized spacial score (nSPS) is 15.1. The Morgan fingerprint density at radius 2 is 1.95 bits per heavy atom. The first-order chi connectivity index (χ1) is 10.0. The van der Waals surface area contributed by atoms with Crippen molar-refractivity contribution >= 4 is 17.6 Å². The number of urea groups is 1. The highest BCUT2D eigenvalue weighted by Crippen LogP contribution is 2.21. The molecule has 1 aliphatic heterocycles. The zero-order valence-corrected chi connectivity index (χ0v) is 11.4. The first-order valence-electron chi connectivity index (χ1n) is 6.39. The van der Waals surface area contributed by atoms with E-state index in [9.17, 15) is 14.0 Å². The van der Waals surface area contributed by atoms with Gasteiger partial charge in [-0.05, 0) is 17.7 Å². The van der Waals surface area contributed by atoms with Crippen molar-refractivity contribution in [2.75, 3.05) is 11.4 Å². The summed E-state index contributed by atoms with van der Waals surface area (Å²) in [5, 5.41) is 3.96. The Morgan fingerprint density at radius 3 is 2.57 bits per heavy atom. The second-order valence-corrected chi connectivity index (χ2v) is 4.87. The van der Waals surface area contributed by atoms with Crippen LogP contribution in [0.3, 0.4) is 0 Å². The van der Waals surface area contributed by atoms with E-state index in [1.807, 2.05) is 0 Å². The van der Waals surface area contributed by atoms with E-state index in [0.29, 0.717) is 5.69 Å². The summed E-state index contributed by atoms with van der Waals surface area (Å²) < 4.78 is 14.4. The molecule has 21 heavy (non-hydrogen) atoms. The number of imide groups is 1. The molecule has 0 radical (unpaired) electrons. The van der Waals surface area contributed by atoms with Gasteiger partial charge in [-0.25, -0.2) is 14.1 Å². The number of anilines is 1. The number of hydrogen-bond donors (Lipinski definition) is 0. The predicted molar refractivity (Wildman–Crippen MR) is 72.9 cm³/mol. The molecule has 1 aromatic heterocycles. The molecule has 1 saturated heterocycles. The average molecular weight is 288 g/mol. The van der Waals surface area contributed by atoms with Crippen LogP contribution in [-0.4, -0.2) is 33.2 Å². The summed E-state index contributed by atoms with van der Waals surface area (Å²) in [6.07, 6.45) is 3.08. The van der Waals surface area contributed by atoms with Crippen molar-refractivity contribution in [3.63, 3.8) is 0 Å². The number of hydrogen-bond acceptors (Lipinski definition) is 3. The fourth-order valence-corrected chi connectivity index (χ4v) is 2.26. The quantitative estimate of drug-likeness (QED) is 0.805. The largest absolute Gasteiger partial charge is 0.332 e. The first-order valence-corrected chi connectivity index (χ1v) is 6.39. The molecule has 0 N–H and O–H groups in total. The molecule has 0 aliphatic carbocycles. The van der Waals surface area contributed by atoms with E-state index in [2.05, 4.69) is 5.10 Å². The summed E-state index contributed by atoms with van der Waals surface area (Å²) >= 11 is 0. The molecular formula is C14H13FN4O2. The molecule has 0 bridgehead atoms. The van der Waals surface area contributed by atoms with Crippen LogP contribution < -0.4 is 4.90 Å². The molecule has 2 aromatic rings. The van der Waals surface area contributed by atoms with Gasteiger partial charge in [-0.1, -0.05) is 12.1 Å². The molecule has 6 nitrogen and oxygen atoms in total. The van der Waals surface area contributed by atoms with Crippen LogP contribution in [-0.2, 0) is 18.4 Å². The summed E-state index contributed by atoms with van der Waals surface area (Å²) in [5.74, 6) is -0.630. The van der Waals surface area contributed by atoms with Crippen LogP contribution in [0.2, 0.25) is 0 Å². The topological polar surface area (TPSA) is 58.4 Å². The maximum atomic E-state index is 12.9. The van der Waals surface area contributed by atoms with Crippen LogP contribution in [0.1, 0.15) is 5.56 Å². The fourth-order valence-electron chi connectivity index (χ4n) is 2.26. The summed E-state index contributed by atoms with van der Waals surface area (Å²) in [6, 6.07) is 5.46. The van der Waals surface area contributed by atoms with Gasteiger partial charge in [-0.2, -0.15) is 5.10 Å². The van der Waals surface area contributed by atoms with Gasteiger partial charge in [-0.15, -0.1) is 0 Å². The molecule has 0 atom stereocenters. The standard InChI is InChI=1S/C14H13FN4O2/c1-17-8-12(6-16-17)19-13(20)9-18(14(19)21)7-10-2-4-11(15)5-3-10/h2-6,8H,7,9H2,1H3. The molecule has 1 aliphatic rings. The summed E-state index contributed by atoms with van der Waals surface area (Å²) in [7, 11) is 1.71. The molecule has 0 unspecified atom stereocenters. The van der Waals surface area contributed by atoms with Crippen molar-refractivity contribution in [3.05, 3.63) is 48.0 Å². The number of carbonyl (C=O) groups is 2. The Hall–Kier alpha value is -2.70. The molecule has 3 rings (SSSR count). The third kappa shape index (κ3) is 2.49. The van der Waals surface area contributed by atoms with Crippen LogP contribution in [0.5, 0.6) is 0 Å². The van der Waals surface area contributed by atoms with Gasteiger partial charge in [0.1, 0.15) is 12.4 Å². The highest BCUT2D eigenvalue weighted by molar-refractivity contribution is 6.19. The number of aromatic nitrogens is 2. The Balaban J connectivity index is 1.78. The van der Waals surface area contributed by atoms with E-state index in [1.165, 1.54) is 27.9 Å². The van der Waals surface area contributed by atoms with Crippen molar-refractivity contribution in [1.82, 2.24) is 14.7 Å². The van der Waals surface area contributed by atoms with E-state index in [1.54, 1.807) is 25.4 Å². The molecule has 7 heteroatoms. The van der Waals surface area contributed by atoms with Gasteiger partial charge < -0.3 is 4.90 Å². The molecule has 2 heterocycles. The summed E-state index contributed by atoms with van der Waals surface area (Å²) in [4.78, 5) is 26.9. The highest BCUT2D eigenvalue weighted by Gasteiger charge is 2.37. The zero-order chi connectivity index (χ0) is 15.0. The number of benzene rings is 1. The Morgan fingerprint density at radius 1 is 1.24 bits per heavy atom. The minimum absolute atomic E-state index is 0.00506. The lowest BCUT2D eigenvalue weighted by Gasteiger charge is -2.15. The maximum absolute atomic E-state index is 12.9. The third-order valence-corrected chi connectivity index (χ3v) is 3.27. The van der Waals surface area contributed by atoms with Crippen LogP contribution in [0.15, 0.2) is 36.7 Å². The third-order valence-electron chi connectivity index (χ3n) is 3.27. The van der Waals surface area contributed by atoms with E-state index < -0.39 is 6.03 Å². The first kappa shape index (κ1) is 13.3. The molecule has 3 amide bonds. The van der Waals surface area contributed by atoms with Crippen molar-refractivity contribution in [2.45, 2.75) is 6.54 Å². The molecular weight excluding hydrogens is 275 g/mol. The number of rotatable bonds is 3. The van der Waals surface area contributed by atoms with Crippen LogP contribution in [0, 0.1) is 5.82 Å². The van der Waals surface area contributed by atoms with Crippen LogP contribution in [0.25, 0.3) is 0 Å². The van der Waals surface area contributed by atoms with E-state index >= 15 is 0 Å². The maximum Gasteiger partial charge on any atom is 0.332 e. The number of amides is 3. The second-order valence-electron chi connectivity index (χ2n) is 4.87. The van der Waals surface area contributed by atoms with Crippen molar-refractivity contribution in [2.24, 2.45) is 7.05 Å². The Labute approximate surface area is 120 Å². The smallest absolute Gasteiger partial charge is 0.310 e. The van der Waals surface area contributed by atoms with Gasteiger partial charge in [-0.3, -0.25) is 9.48 Å². The predicted octanol–water partition coefficient (Wildman–Crippen LogP) is 1.53. The Kier molecular flexibility index (Phi) is 3.17. The SMILES string of the molecule is Cn1cc(N2C(=O)CN(Cc3ccc(F)cc3)C2=O)cn1. The monoisotopic (exact) mass is 288 g/mol. The molecule has 0 spiro atoms. The number of halogens is 1.